The first kappa shape index (κ1) is 18.7. The van der Waals surface area contributed by atoms with Crippen LogP contribution in [0.25, 0.3) is 0 Å². The Morgan fingerprint density at radius 3 is 2.60 bits per heavy atom. The van der Waals surface area contributed by atoms with E-state index in [4.69, 9.17) is 9.47 Å². The molecule has 25 heavy (non-hydrogen) atoms. The Kier molecular flexibility index (Phi) is 6.31. The lowest BCUT2D eigenvalue weighted by Crippen LogP contribution is -2.26. The van der Waals surface area contributed by atoms with Gasteiger partial charge in [0.15, 0.2) is 0 Å². The van der Waals surface area contributed by atoms with Crippen LogP contribution in [0.2, 0.25) is 0 Å². The third-order valence-electron chi connectivity index (χ3n) is 3.00. The summed E-state index contributed by atoms with van der Waals surface area (Å²) in [6.07, 6.45) is 2.52. The number of methoxy groups -OCH3 is 1. The number of carbonyl (C=O) groups is 1. The van der Waals surface area contributed by atoms with E-state index in [0.717, 1.165) is 6.26 Å². The molecule has 0 bridgehead atoms. The van der Waals surface area contributed by atoms with Crippen LogP contribution < -0.4 is 19.5 Å². The van der Waals surface area contributed by atoms with Gasteiger partial charge in [0.05, 0.1) is 25.2 Å². The molecule has 2 rings (SSSR count). The number of hydrogen-bond acceptors (Lipinski definition) is 6. The summed E-state index contributed by atoms with van der Waals surface area (Å²) in [5.74, 6) is 1.30. The highest BCUT2D eigenvalue weighted by Crippen LogP contribution is 2.24. The average Bonchev–Trinajstić information content (AvgIpc) is 2.55. The van der Waals surface area contributed by atoms with E-state index >= 15 is 0 Å². The molecule has 0 fully saturated rings. The molecule has 0 aliphatic carbocycles. The second kappa shape index (κ2) is 8.45. The van der Waals surface area contributed by atoms with Crippen molar-refractivity contribution in [3.05, 3.63) is 42.6 Å². The largest absolute Gasteiger partial charge is 0.497 e. The number of ether oxygens (including phenoxy) is 2. The number of nitrogens with one attached hydrogen (secondary N) is 2. The van der Waals surface area contributed by atoms with Crippen LogP contribution in [0.1, 0.15) is 6.42 Å². The fraction of sp³-hybridized carbons (Fsp3) is 0.250. The Morgan fingerprint density at radius 2 is 1.96 bits per heavy atom. The Balaban J connectivity index is 1.87. The summed E-state index contributed by atoms with van der Waals surface area (Å²) in [6, 6.07) is 10.4. The smallest absolute Gasteiger partial charge is 0.225 e. The summed E-state index contributed by atoms with van der Waals surface area (Å²) >= 11 is 0. The average molecular weight is 365 g/mol. The molecule has 0 aliphatic rings. The van der Waals surface area contributed by atoms with Crippen LogP contribution in [-0.2, 0) is 14.8 Å². The minimum absolute atomic E-state index is 0.0229. The zero-order valence-electron chi connectivity index (χ0n) is 13.9. The van der Waals surface area contributed by atoms with Crippen molar-refractivity contribution >= 4 is 21.6 Å². The molecule has 0 radical (unpaired) electrons. The Bertz CT molecular complexity index is 822. The van der Waals surface area contributed by atoms with Crippen LogP contribution >= 0.6 is 0 Å². The van der Waals surface area contributed by atoms with Gasteiger partial charge in [-0.1, -0.05) is 6.07 Å². The van der Waals surface area contributed by atoms with Crippen molar-refractivity contribution in [1.29, 1.82) is 0 Å². The standard InChI is InChI=1S/C16H19N3O5S/c1-23-13-4-3-5-14(10-13)24-16-7-6-12(11-17-16)19-15(20)8-9-18-25(2,21)22/h3-7,10-11,18H,8-9H2,1-2H3,(H,19,20). The van der Waals surface area contributed by atoms with Crippen molar-refractivity contribution in [2.24, 2.45) is 0 Å². The number of benzene rings is 1. The quantitative estimate of drug-likeness (QED) is 0.738. The van der Waals surface area contributed by atoms with Gasteiger partial charge in [0.1, 0.15) is 11.5 Å². The van der Waals surface area contributed by atoms with Crippen molar-refractivity contribution in [3.8, 4) is 17.4 Å². The molecule has 1 aromatic carbocycles. The van der Waals surface area contributed by atoms with Crippen LogP contribution in [0.4, 0.5) is 5.69 Å². The van der Waals surface area contributed by atoms with Gasteiger partial charge in [-0.25, -0.2) is 18.1 Å². The first-order valence-corrected chi connectivity index (χ1v) is 9.27. The summed E-state index contributed by atoms with van der Waals surface area (Å²) in [5, 5.41) is 2.63. The van der Waals surface area contributed by atoms with Crippen molar-refractivity contribution in [1.82, 2.24) is 9.71 Å². The molecule has 8 nitrogen and oxygen atoms in total. The maximum Gasteiger partial charge on any atom is 0.225 e. The van der Waals surface area contributed by atoms with Crippen LogP contribution in [0.15, 0.2) is 42.6 Å². The number of sulfonamides is 1. The van der Waals surface area contributed by atoms with Crippen LogP contribution in [0, 0.1) is 0 Å². The van der Waals surface area contributed by atoms with Gasteiger partial charge >= 0.3 is 0 Å². The summed E-state index contributed by atoms with van der Waals surface area (Å²) < 4.78 is 34.8. The van der Waals surface area contributed by atoms with Crippen molar-refractivity contribution in [2.75, 3.05) is 25.2 Å². The van der Waals surface area contributed by atoms with Crippen LogP contribution in [0.3, 0.4) is 0 Å². The summed E-state index contributed by atoms with van der Waals surface area (Å²) in [5.41, 5.74) is 0.488. The van der Waals surface area contributed by atoms with Gasteiger partial charge in [-0.15, -0.1) is 0 Å². The summed E-state index contributed by atoms with van der Waals surface area (Å²) in [7, 11) is -1.73. The van der Waals surface area contributed by atoms with Crippen molar-refractivity contribution in [2.45, 2.75) is 6.42 Å². The lowest BCUT2D eigenvalue weighted by Gasteiger charge is -2.08. The van der Waals surface area contributed by atoms with E-state index in [1.165, 1.54) is 6.20 Å². The Labute approximate surface area is 146 Å². The lowest BCUT2D eigenvalue weighted by atomic mass is 10.3. The third kappa shape index (κ3) is 6.77. The lowest BCUT2D eigenvalue weighted by molar-refractivity contribution is -0.116. The number of pyridine rings is 1. The molecular formula is C16H19N3O5S. The second-order valence-corrected chi connectivity index (χ2v) is 6.96. The van der Waals surface area contributed by atoms with Crippen LogP contribution in [-0.4, -0.2) is 39.2 Å². The van der Waals surface area contributed by atoms with Gasteiger partial charge in [-0.2, -0.15) is 0 Å². The molecule has 0 saturated carbocycles. The van der Waals surface area contributed by atoms with Gasteiger partial charge < -0.3 is 14.8 Å². The molecule has 1 amide bonds. The molecule has 2 N–H and O–H groups in total. The minimum atomic E-state index is -3.30. The maximum atomic E-state index is 11.7. The molecule has 9 heteroatoms. The molecule has 1 aromatic heterocycles. The first-order valence-electron chi connectivity index (χ1n) is 7.38. The highest BCUT2D eigenvalue weighted by atomic mass is 32.2. The Hall–Kier alpha value is -2.65. The zero-order chi connectivity index (χ0) is 18.3. The monoisotopic (exact) mass is 365 g/mol. The van der Waals surface area contributed by atoms with E-state index in [-0.39, 0.29) is 18.9 Å². The van der Waals surface area contributed by atoms with E-state index in [2.05, 4.69) is 15.0 Å². The Morgan fingerprint density at radius 1 is 1.20 bits per heavy atom. The fourth-order valence-electron chi connectivity index (χ4n) is 1.87. The number of hydrogen-bond donors (Lipinski definition) is 2. The molecular weight excluding hydrogens is 346 g/mol. The highest BCUT2D eigenvalue weighted by molar-refractivity contribution is 7.88. The summed E-state index contributed by atoms with van der Waals surface area (Å²) in [6.45, 7) is 0.0368. The van der Waals surface area contributed by atoms with Crippen LogP contribution in [0.5, 0.6) is 17.4 Å². The third-order valence-corrected chi connectivity index (χ3v) is 3.73. The second-order valence-electron chi connectivity index (χ2n) is 5.13. The minimum Gasteiger partial charge on any atom is -0.497 e. The van der Waals surface area contributed by atoms with Crippen molar-refractivity contribution < 1.29 is 22.7 Å². The molecule has 134 valence electrons. The summed E-state index contributed by atoms with van der Waals surface area (Å²) in [4.78, 5) is 15.8. The molecule has 0 spiro atoms. The molecule has 0 aliphatic heterocycles. The van der Waals surface area contributed by atoms with Gasteiger partial charge in [0, 0.05) is 25.1 Å². The molecule has 0 saturated heterocycles. The van der Waals surface area contributed by atoms with Gasteiger partial charge in [-0.3, -0.25) is 4.79 Å². The molecule has 2 aromatic rings. The fourth-order valence-corrected chi connectivity index (χ4v) is 2.35. The van der Waals surface area contributed by atoms with Gasteiger partial charge in [0.25, 0.3) is 0 Å². The molecule has 0 atom stereocenters. The number of amides is 1. The van der Waals surface area contributed by atoms with E-state index in [1.807, 2.05) is 0 Å². The highest BCUT2D eigenvalue weighted by Gasteiger charge is 2.06. The topological polar surface area (TPSA) is 107 Å². The first-order chi connectivity index (χ1) is 11.9. The van der Waals surface area contributed by atoms with E-state index in [9.17, 15) is 13.2 Å². The zero-order valence-corrected chi connectivity index (χ0v) is 14.7. The predicted molar refractivity (Wildman–Crippen MR) is 93.4 cm³/mol. The molecule has 1 heterocycles. The van der Waals surface area contributed by atoms with E-state index in [0.29, 0.717) is 23.1 Å². The number of aromatic nitrogens is 1. The number of carbonyl (C=O) groups excluding carboxylic acids is 1. The maximum absolute atomic E-state index is 11.7. The predicted octanol–water partition coefficient (Wildman–Crippen LogP) is 1.76. The molecule has 0 unspecified atom stereocenters. The number of rotatable bonds is 8. The van der Waals surface area contributed by atoms with Crippen molar-refractivity contribution in [3.63, 3.8) is 0 Å². The van der Waals surface area contributed by atoms with Gasteiger partial charge in [0.2, 0.25) is 21.8 Å². The van der Waals surface area contributed by atoms with E-state index < -0.39 is 10.0 Å². The number of anilines is 1. The normalized spacial score (nSPS) is 11.0. The SMILES string of the molecule is COc1cccc(Oc2ccc(NC(=O)CCNS(C)(=O)=O)cn2)c1. The van der Waals surface area contributed by atoms with E-state index in [1.54, 1.807) is 43.5 Å². The van der Waals surface area contributed by atoms with Gasteiger partial charge in [-0.05, 0) is 18.2 Å². The number of nitrogens with zero attached hydrogens (tertiary/aromatic N) is 1.